The lowest BCUT2D eigenvalue weighted by atomic mass is 10.1. The molecular formula is C16H14FNO2S. The maximum atomic E-state index is 13.2. The second kappa shape index (κ2) is 5.77. The molecule has 2 N–H and O–H groups in total. The summed E-state index contributed by atoms with van der Waals surface area (Å²) < 4.78 is 18.5. The van der Waals surface area contributed by atoms with Crippen molar-refractivity contribution < 1.29 is 13.9 Å². The molecule has 0 spiro atoms. The minimum atomic E-state index is -0.544. The summed E-state index contributed by atoms with van der Waals surface area (Å²) >= 11 is 1.70. The van der Waals surface area contributed by atoms with Crippen LogP contribution < -0.4 is 5.73 Å². The summed E-state index contributed by atoms with van der Waals surface area (Å²) in [4.78, 5) is 13.2. The number of halogens is 1. The van der Waals surface area contributed by atoms with Gasteiger partial charge in [0, 0.05) is 15.8 Å². The number of rotatable bonds is 3. The number of fused-ring (bicyclic) bond motifs is 1. The smallest absolute Gasteiger partial charge is 0.338 e. The summed E-state index contributed by atoms with van der Waals surface area (Å²) in [7, 11) is 0. The Hall–Kier alpha value is -2.01. The van der Waals surface area contributed by atoms with Gasteiger partial charge in [0.1, 0.15) is 12.4 Å². The second-order valence-electron chi connectivity index (χ2n) is 4.92. The van der Waals surface area contributed by atoms with Crippen LogP contribution in [-0.2, 0) is 11.2 Å². The van der Waals surface area contributed by atoms with Crippen LogP contribution in [0.25, 0.3) is 0 Å². The molecule has 2 aromatic carbocycles. The van der Waals surface area contributed by atoms with Crippen molar-refractivity contribution >= 4 is 23.4 Å². The molecule has 1 heterocycles. The number of benzene rings is 2. The van der Waals surface area contributed by atoms with Crippen LogP contribution >= 0.6 is 11.8 Å². The molecule has 3 nitrogen and oxygen atoms in total. The van der Waals surface area contributed by atoms with E-state index in [1.54, 1.807) is 11.8 Å². The van der Waals surface area contributed by atoms with Gasteiger partial charge >= 0.3 is 5.97 Å². The van der Waals surface area contributed by atoms with Gasteiger partial charge < -0.3 is 10.5 Å². The van der Waals surface area contributed by atoms with Crippen molar-refractivity contribution in [2.75, 3.05) is 12.3 Å². The van der Waals surface area contributed by atoms with Crippen molar-refractivity contribution in [3.8, 4) is 0 Å². The van der Waals surface area contributed by atoms with Crippen LogP contribution in [0.3, 0.4) is 0 Å². The van der Waals surface area contributed by atoms with Gasteiger partial charge in [-0.15, -0.1) is 11.8 Å². The SMILES string of the molecule is Nc1cc(F)cc(C(=O)OCC2Cc3ccccc3S2)c1. The number of hydrogen-bond acceptors (Lipinski definition) is 4. The molecule has 0 radical (unpaired) electrons. The number of anilines is 1. The fraction of sp³-hybridized carbons (Fsp3) is 0.188. The Balaban J connectivity index is 1.60. The molecule has 0 bridgehead atoms. The summed E-state index contributed by atoms with van der Waals surface area (Å²) in [5.41, 5.74) is 7.16. The van der Waals surface area contributed by atoms with Crippen molar-refractivity contribution in [3.63, 3.8) is 0 Å². The second-order valence-corrected chi connectivity index (χ2v) is 6.27. The molecular weight excluding hydrogens is 289 g/mol. The molecule has 0 saturated carbocycles. The molecule has 1 aliphatic rings. The van der Waals surface area contributed by atoms with Crippen molar-refractivity contribution in [1.29, 1.82) is 0 Å². The van der Waals surface area contributed by atoms with E-state index < -0.39 is 11.8 Å². The molecule has 0 saturated heterocycles. The lowest BCUT2D eigenvalue weighted by Crippen LogP contribution is -2.16. The van der Waals surface area contributed by atoms with Gasteiger partial charge in [-0.1, -0.05) is 18.2 Å². The number of hydrogen-bond donors (Lipinski definition) is 1. The van der Waals surface area contributed by atoms with Gasteiger partial charge in [0.15, 0.2) is 0 Å². The molecule has 21 heavy (non-hydrogen) atoms. The third kappa shape index (κ3) is 3.19. The quantitative estimate of drug-likeness (QED) is 0.698. The first kappa shape index (κ1) is 13.9. The first-order valence-corrected chi connectivity index (χ1v) is 7.47. The third-order valence-corrected chi connectivity index (χ3v) is 4.56. The van der Waals surface area contributed by atoms with Crippen molar-refractivity contribution in [1.82, 2.24) is 0 Å². The molecule has 1 unspecified atom stereocenters. The number of nitrogen functional groups attached to an aromatic ring is 1. The summed E-state index contributed by atoms with van der Waals surface area (Å²) in [6, 6.07) is 11.9. The Kier molecular flexibility index (Phi) is 3.84. The average Bonchev–Trinajstić information content (AvgIpc) is 2.86. The van der Waals surface area contributed by atoms with Crippen LogP contribution in [0.4, 0.5) is 10.1 Å². The van der Waals surface area contributed by atoms with E-state index in [2.05, 4.69) is 12.1 Å². The lowest BCUT2D eigenvalue weighted by molar-refractivity contribution is 0.0506. The Bertz CT molecular complexity index is 644. The molecule has 2 aromatic rings. The van der Waals surface area contributed by atoms with E-state index in [-0.39, 0.29) is 16.5 Å². The van der Waals surface area contributed by atoms with Crippen LogP contribution in [0.2, 0.25) is 0 Å². The van der Waals surface area contributed by atoms with Gasteiger partial charge in [-0.3, -0.25) is 0 Å². The predicted octanol–water partition coefficient (Wildman–Crippen LogP) is 3.28. The van der Waals surface area contributed by atoms with Crippen LogP contribution in [0.1, 0.15) is 15.9 Å². The predicted molar refractivity (Wildman–Crippen MR) is 80.9 cm³/mol. The standard InChI is InChI=1S/C16H14FNO2S/c17-12-5-11(6-13(18)8-12)16(19)20-9-14-7-10-3-1-2-4-15(10)21-14/h1-6,8,14H,7,9,18H2. The molecule has 0 aromatic heterocycles. The van der Waals surface area contributed by atoms with Gasteiger partial charge in [0.25, 0.3) is 0 Å². The van der Waals surface area contributed by atoms with Gasteiger partial charge in [-0.05, 0) is 36.2 Å². The van der Waals surface area contributed by atoms with Crippen LogP contribution in [0.15, 0.2) is 47.4 Å². The molecule has 0 fully saturated rings. The highest BCUT2D eigenvalue weighted by Crippen LogP contribution is 2.36. The first-order valence-electron chi connectivity index (χ1n) is 6.59. The summed E-state index contributed by atoms with van der Waals surface area (Å²) in [5, 5.41) is 0.206. The zero-order valence-electron chi connectivity index (χ0n) is 11.2. The minimum absolute atomic E-state index is 0.146. The van der Waals surface area contributed by atoms with Crippen LogP contribution in [0.5, 0.6) is 0 Å². The average molecular weight is 303 g/mol. The van der Waals surface area contributed by atoms with E-state index in [1.165, 1.54) is 22.6 Å². The largest absolute Gasteiger partial charge is 0.461 e. The number of thioether (sulfide) groups is 1. The summed E-state index contributed by atoms with van der Waals surface area (Å²) in [6.07, 6.45) is 0.874. The van der Waals surface area contributed by atoms with Gasteiger partial charge in [0.05, 0.1) is 5.56 Å². The fourth-order valence-electron chi connectivity index (χ4n) is 2.33. The van der Waals surface area contributed by atoms with E-state index in [0.717, 1.165) is 12.5 Å². The normalized spacial score (nSPS) is 16.5. The van der Waals surface area contributed by atoms with Crippen LogP contribution in [0, 0.1) is 5.82 Å². The highest BCUT2D eigenvalue weighted by atomic mass is 32.2. The Morgan fingerprint density at radius 3 is 2.90 bits per heavy atom. The molecule has 1 aliphatic heterocycles. The monoisotopic (exact) mass is 303 g/mol. The Labute approximate surface area is 126 Å². The topological polar surface area (TPSA) is 52.3 Å². The number of ether oxygens (including phenoxy) is 1. The molecule has 0 amide bonds. The van der Waals surface area contributed by atoms with Crippen molar-refractivity contribution in [2.45, 2.75) is 16.6 Å². The number of esters is 1. The minimum Gasteiger partial charge on any atom is -0.461 e. The van der Waals surface area contributed by atoms with Gasteiger partial charge in [-0.2, -0.15) is 0 Å². The maximum absolute atomic E-state index is 13.2. The van der Waals surface area contributed by atoms with Crippen molar-refractivity contribution in [3.05, 3.63) is 59.4 Å². The van der Waals surface area contributed by atoms with E-state index in [0.29, 0.717) is 6.61 Å². The summed E-state index contributed by atoms with van der Waals surface area (Å²) in [5.74, 6) is -1.08. The highest BCUT2D eigenvalue weighted by molar-refractivity contribution is 8.00. The third-order valence-electron chi connectivity index (χ3n) is 3.27. The zero-order valence-corrected chi connectivity index (χ0v) is 12.0. The van der Waals surface area contributed by atoms with Gasteiger partial charge in [0.2, 0.25) is 0 Å². The van der Waals surface area contributed by atoms with E-state index in [9.17, 15) is 9.18 Å². The Morgan fingerprint density at radius 2 is 2.14 bits per heavy atom. The van der Waals surface area contributed by atoms with Crippen molar-refractivity contribution in [2.24, 2.45) is 0 Å². The molecule has 108 valence electrons. The first-order chi connectivity index (χ1) is 10.1. The lowest BCUT2D eigenvalue weighted by Gasteiger charge is -2.10. The number of carbonyl (C=O) groups excluding carboxylic acids is 1. The zero-order chi connectivity index (χ0) is 14.8. The molecule has 5 heteroatoms. The molecule has 3 rings (SSSR count). The summed E-state index contributed by atoms with van der Waals surface area (Å²) in [6.45, 7) is 0.300. The Morgan fingerprint density at radius 1 is 1.33 bits per heavy atom. The molecule has 1 atom stereocenters. The van der Waals surface area contributed by atoms with Crippen LogP contribution in [-0.4, -0.2) is 17.8 Å². The maximum Gasteiger partial charge on any atom is 0.338 e. The fourth-order valence-corrected chi connectivity index (χ4v) is 3.55. The van der Waals surface area contributed by atoms with E-state index >= 15 is 0 Å². The highest BCUT2D eigenvalue weighted by Gasteiger charge is 2.23. The number of nitrogens with two attached hydrogens (primary N) is 1. The van der Waals surface area contributed by atoms with E-state index in [1.807, 2.05) is 12.1 Å². The van der Waals surface area contributed by atoms with Gasteiger partial charge in [-0.25, -0.2) is 9.18 Å². The van der Waals surface area contributed by atoms with E-state index in [4.69, 9.17) is 10.5 Å². The molecule has 0 aliphatic carbocycles. The number of carbonyl (C=O) groups is 1.